The number of sulfonamides is 1. The highest BCUT2D eigenvalue weighted by atomic mass is 32.2. The Morgan fingerprint density at radius 1 is 1.05 bits per heavy atom. The summed E-state index contributed by atoms with van der Waals surface area (Å²) >= 11 is 0. The highest BCUT2D eigenvalue weighted by Gasteiger charge is 2.35. The van der Waals surface area contributed by atoms with Crippen molar-refractivity contribution in [2.24, 2.45) is 5.92 Å². The lowest BCUT2D eigenvalue weighted by molar-refractivity contribution is -0.129. The number of hydrogen-bond donors (Lipinski definition) is 2. The summed E-state index contributed by atoms with van der Waals surface area (Å²) in [7, 11) is -3.94. The van der Waals surface area contributed by atoms with Gasteiger partial charge in [0.25, 0.3) is 15.9 Å². The van der Waals surface area contributed by atoms with E-state index in [0.717, 1.165) is 36.4 Å². The number of carbonyl (C=O) groups is 3. The van der Waals surface area contributed by atoms with E-state index in [0.29, 0.717) is 25.0 Å². The number of ketones is 1. The van der Waals surface area contributed by atoms with E-state index in [1.165, 1.54) is 24.7 Å². The van der Waals surface area contributed by atoms with E-state index in [1.807, 2.05) is 0 Å². The fraction of sp³-hybridized carbons (Fsp3) is 0.538. The summed E-state index contributed by atoms with van der Waals surface area (Å²) in [6.07, 6.45) is 10.7. The van der Waals surface area contributed by atoms with Crippen LogP contribution in [0.4, 0.5) is 0 Å². The van der Waals surface area contributed by atoms with Gasteiger partial charge in [0.1, 0.15) is 11.7 Å². The van der Waals surface area contributed by atoms with Gasteiger partial charge in [0.2, 0.25) is 5.91 Å². The number of nitrogens with one attached hydrogen (secondary N) is 2. The lowest BCUT2D eigenvalue weighted by Crippen LogP contribution is -2.53. The summed E-state index contributed by atoms with van der Waals surface area (Å²) in [5.74, 6) is -1.08. The molecule has 1 aliphatic carbocycles. The molecule has 3 heterocycles. The van der Waals surface area contributed by atoms with Crippen LogP contribution in [0.1, 0.15) is 67.5 Å². The smallest absolute Gasteiger partial charge is 0.272 e. The molecule has 0 spiro atoms. The van der Waals surface area contributed by atoms with E-state index in [4.69, 9.17) is 0 Å². The molecular weight excluding hydrogens is 508 g/mol. The Kier molecular flexibility index (Phi) is 9.16. The molecule has 2 N–H and O–H groups in total. The van der Waals surface area contributed by atoms with Crippen molar-refractivity contribution >= 4 is 27.6 Å². The standard InChI is InChI=1S/C26H34N6O5S/c1-18-15-29-22(16-28-18)26(35)31-21(14-19-8-3-2-4-9-19)25(34)30-20-10-7-13-32(17-23(20)33)38(36,37)24-11-5-6-12-27-24/h5-6,11-12,15-16,19-21H,2-4,7-10,13-14,17H2,1H3,(H,30,34)(H,31,35)/t20?,21-/m0/s1. The SMILES string of the molecule is Cc1cnc(C(=O)N[C@@H](CC2CCCCC2)C(=O)NC2CCCN(S(=O)(=O)c3ccccn3)CC2=O)cn1. The van der Waals surface area contributed by atoms with Crippen LogP contribution in [-0.4, -0.2) is 70.4 Å². The third-order valence-electron chi connectivity index (χ3n) is 7.11. The summed E-state index contributed by atoms with van der Waals surface area (Å²) in [5, 5.41) is 5.47. The van der Waals surface area contributed by atoms with Crippen molar-refractivity contribution in [3.63, 3.8) is 0 Å². The van der Waals surface area contributed by atoms with Crippen LogP contribution >= 0.6 is 0 Å². The summed E-state index contributed by atoms with van der Waals surface area (Å²) in [4.78, 5) is 51.5. The van der Waals surface area contributed by atoms with Gasteiger partial charge in [0.05, 0.1) is 24.5 Å². The molecule has 2 fully saturated rings. The number of pyridine rings is 1. The van der Waals surface area contributed by atoms with Crippen LogP contribution in [0.2, 0.25) is 0 Å². The van der Waals surface area contributed by atoms with Gasteiger partial charge in [-0.05, 0) is 44.2 Å². The Morgan fingerprint density at radius 3 is 2.53 bits per heavy atom. The minimum atomic E-state index is -3.94. The number of amides is 2. The van der Waals surface area contributed by atoms with Crippen molar-refractivity contribution in [3.05, 3.63) is 48.2 Å². The van der Waals surface area contributed by atoms with Gasteiger partial charge >= 0.3 is 0 Å². The number of carbonyl (C=O) groups excluding carboxylic acids is 3. The van der Waals surface area contributed by atoms with E-state index in [9.17, 15) is 22.8 Å². The van der Waals surface area contributed by atoms with Crippen LogP contribution in [0.5, 0.6) is 0 Å². The number of aryl methyl sites for hydroxylation is 1. The first-order valence-electron chi connectivity index (χ1n) is 13.1. The van der Waals surface area contributed by atoms with E-state index < -0.39 is 39.7 Å². The zero-order chi connectivity index (χ0) is 27.1. The molecule has 2 aromatic heterocycles. The van der Waals surface area contributed by atoms with Crippen LogP contribution in [0.15, 0.2) is 41.8 Å². The van der Waals surface area contributed by atoms with Crippen molar-refractivity contribution in [1.29, 1.82) is 0 Å². The number of hydrogen-bond acceptors (Lipinski definition) is 8. The summed E-state index contributed by atoms with van der Waals surface area (Å²) in [6.45, 7) is 1.55. The minimum Gasteiger partial charge on any atom is -0.344 e. The van der Waals surface area contributed by atoms with Crippen LogP contribution in [0.3, 0.4) is 0 Å². The zero-order valence-corrected chi connectivity index (χ0v) is 22.3. The first-order valence-corrected chi connectivity index (χ1v) is 14.5. The molecule has 2 aliphatic rings. The van der Waals surface area contributed by atoms with Gasteiger partial charge in [0, 0.05) is 18.9 Å². The van der Waals surface area contributed by atoms with Gasteiger partial charge in [-0.1, -0.05) is 38.2 Å². The maximum absolute atomic E-state index is 13.4. The molecule has 204 valence electrons. The fourth-order valence-corrected chi connectivity index (χ4v) is 6.36. The molecule has 1 aliphatic heterocycles. The largest absolute Gasteiger partial charge is 0.344 e. The van der Waals surface area contributed by atoms with E-state index >= 15 is 0 Å². The molecule has 11 nitrogen and oxygen atoms in total. The minimum absolute atomic E-state index is 0.109. The number of rotatable bonds is 8. The quantitative estimate of drug-likeness (QED) is 0.512. The topological polar surface area (TPSA) is 151 Å². The highest BCUT2D eigenvalue weighted by Crippen LogP contribution is 2.27. The van der Waals surface area contributed by atoms with Gasteiger partial charge in [-0.2, -0.15) is 4.31 Å². The zero-order valence-electron chi connectivity index (χ0n) is 21.5. The number of aromatic nitrogens is 3. The molecule has 2 aromatic rings. The Hall–Kier alpha value is -3.25. The summed E-state index contributed by atoms with van der Waals surface area (Å²) in [5.41, 5.74) is 0.780. The van der Waals surface area contributed by atoms with Crippen LogP contribution in [-0.2, 0) is 19.6 Å². The number of nitrogens with zero attached hydrogens (tertiary/aromatic N) is 4. The van der Waals surface area contributed by atoms with E-state index in [-0.39, 0.29) is 29.7 Å². The maximum atomic E-state index is 13.4. The summed E-state index contributed by atoms with van der Waals surface area (Å²) < 4.78 is 27.1. The molecule has 1 saturated carbocycles. The van der Waals surface area contributed by atoms with Gasteiger partial charge in [-0.25, -0.2) is 18.4 Å². The monoisotopic (exact) mass is 542 g/mol. The molecule has 0 aromatic carbocycles. The predicted octanol–water partition coefficient (Wildman–Crippen LogP) is 1.79. The van der Waals surface area contributed by atoms with Crippen molar-refractivity contribution in [2.75, 3.05) is 13.1 Å². The Morgan fingerprint density at radius 2 is 1.84 bits per heavy atom. The lowest BCUT2D eigenvalue weighted by Gasteiger charge is -2.27. The van der Waals surface area contributed by atoms with Crippen molar-refractivity contribution in [1.82, 2.24) is 29.9 Å². The highest BCUT2D eigenvalue weighted by molar-refractivity contribution is 7.89. The van der Waals surface area contributed by atoms with Gasteiger partial charge in [-0.15, -0.1) is 0 Å². The molecule has 2 atom stereocenters. The average molecular weight is 543 g/mol. The van der Waals surface area contributed by atoms with Crippen LogP contribution in [0.25, 0.3) is 0 Å². The second-order valence-electron chi connectivity index (χ2n) is 9.99. The van der Waals surface area contributed by atoms with Gasteiger partial charge in [0.15, 0.2) is 10.8 Å². The van der Waals surface area contributed by atoms with Crippen LogP contribution < -0.4 is 10.6 Å². The third-order valence-corrected chi connectivity index (χ3v) is 8.87. The van der Waals surface area contributed by atoms with Crippen molar-refractivity contribution < 1.29 is 22.8 Å². The van der Waals surface area contributed by atoms with E-state index in [1.54, 1.807) is 19.1 Å². The Balaban J connectivity index is 1.45. The molecule has 0 bridgehead atoms. The predicted molar refractivity (Wildman–Crippen MR) is 138 cm³/mol. The van der Waals surface area contributed by atoms with Crippen molar-refractivity contribution in [3.8, 4) is 0 Å². The maximum Gasteiger partial charge on any atom is 0.272 e. The Bertz CT molecular complexity index is 1230. The molecule has 12 heteroatoms. The van der Waals surface area contributed by atoms with E-state index in [2.05, 4.69) is 25.6 Å². The van der Waals surface area contributed by atoms with Gasteiger partial charge in [-0.3, -0.25) is 19.4 Å². The Labute approximate surface area is 222 Å². The van der Waals surface area contributed by atoms with Gasteiger partial charge < -0.3 is 10.6 Å². The molecule has 0 radical (unpaired) electrons. The second kappa shape index (κ2) is 12.5. The number of Topliss-reactive ketones (excluding diaryl/α,β-unsaturated/α-hetero) is 1. The molecule has 2 amide bonds. The average Bonchev–Trinajstić information content (AvgIpc) is 3.11. The van der Waals surface area contributed by atoms with Crippen molar-refractivity contribution in [2.45, 2.75) is 75.4 Å². The third kappa shape index (κ3) is 6.98. The molecular formula is C26H34N6O5S. The van der Waals surface area contributed by atoms with Crippen LogP contribution in [0, 0.1) is 12.8 Å². The molecule has 1 saturated heterocycles. The second-order valence-corrected chi connectivity index (χ2v) is 11.9. The molecule has 38 heavy (non-hydrogen) atoms. The molecule has 1 unspecified atom stereocenters. The first-order chi connectivity index (χ1) is 18.2. The summed E-state index contributed by atoms with van der Waals surface area (Å²) in [6, 6.07) is 2.88. The fourth-order valence-electron chi connectivity index (χ4n) is 4.99. The molecule has 4 rings (SSSR count). The lowest BCUT2D eigenvalue weighted by atomic mass is 9.84. The normalized spacial score (nSPS) is 20.3. The first kappa shape index (κ1) is 27.8.